The highest BCUT2D eigenvalue weighted by Gasteiger charge is 2.16. The van der Waals surface area contributed by atoms with Crippen molar-refractivity contribution in [2.24, 2.45) is 0 Å². The quantitative estimate of drug-likeness (QED) is 0.109. The van der Waals surface area contributed by atoms with Gasteiger partial charge in [0.25, 0.3) is 0 Å². The molecule has 0 rings (SSSR count). The number of aliphatic hydroxyl groups excluding tert-OH is 1. The zero-order valence-electron chi connectivity index (χ0n) is 28.4. The Morgan fingerprint density at radius 2 is 0.889 bits per heavy atom. The summed E-state index contributed by atoms with van der Waals surface area (Å²) in [6, 6.07) is 0. The summed E-state index contributed by atoms with van der Waals surface area (Å²) in [6.45, 7) is 20.6. The van der Waals surface area contributed by atoms with Gasteiger partial charge >= 0.3 is 24.2 Å². The highest BCUT2D eigenvalue weighted by Crippen LogP contribution is 2.07. The molecule has 0 radical (unpaired) electrons. The smallest absolute Gasteiger partial charge is 0.373 e. The fourth-order valence-electron chi connectivity index (χ4n) is 2.21. The zero-order chi connectivity index (χ0) is 35.8. The number of ether oxygens (including phenoxy) is 7. The third kappa shape index (κ3) is 74.6. The monoisotopic (exact) mass is 720 g/mol. The number of esters is 2. The van der Waals surface area contributed by atoms with Gasteiger partial charge in [-0.15, -0.1) is 0 Å². The number of halogens is 1. The van der Waals surface area contributed by atoms with Gasteiger partial charge in [0.05, 0.1) is 52.9 Å². The summed E-state index contributed by atoms with van der Waals surface area (Å²) in [4.78, 5) is 54.3. The summed E-state index contributed by atoms with van der Waals surface area (Å²) in [5.74, 6) is -0.571. The SMILES string of the molecule is CC(C)(C)OC(=O)CBr.CCCCOCCOCCO.CCCCOCCOCCOCC(=O)OC(C)(C)C.O=C=O.O=C=O. The van der Waals surface area contributed by atoms with Crippen molar-refractivity contribution >= 4 is 40.2 Å². The van der Waals surface area contributed by atoms with Crippen molar-refractivity contribution in [3.8, 4) is 0 Å². The number of unbranched alkanes of at least 4 members (excludes halogenated alkanes) is 2. The molecule has 0 fully saturated rings. The Bertz CT molecular complexity index is 674. The van der Waals surface area contributed by atoms with Crippen LogP contribution in [0, 0.1) is 0 Å². The van der Waals surface area contributed by atoms with Gasteiger partial charge in [0, 0.05) is 13.2 Å². The van der Waals surface area contributed by atoms with Gasteiger partial charge in [0.15, 0.2) is 0 Å². The molecule has 0 heterocycles. The molecule has 14 nitrogen and oxygen atoms in total. The molecule has 0 saturated carbocycles. The molecule has 1 N–H and O–H groups in total. The molecule has 0 aliphatic carbocycles. The van der Waals surface area contributed by atoms with E-state index in [4.69, 9.17) is 57.4 Å². The number of rotatable bonds is 20. The Balaban J connectivity index is -0.000000174. The average molecular weight is 722 g/mol. The Labute approximate surface area is 277 Å². The largest absolute Gasteiger partial charge is 0.459 e. The molecule has 0 bridgehead atoms. The number of aliphatic hydroxyl groups is 1. The molecule has 268 valence electrons. The maximum absolute atomic E-state index is 11.3. The van der Waals surface area contributed by atoms with E-state index in [1.807, 2.05) is 41.5 Å². The highest BCUT2D eigenvalue weighted by atomic mass is 79.9. The van der Waals surface area contributed by atoms with Gasteiger partial charge in [-0.05, 0) is 54.4 Å². The van der Waals surface area contributed by atoms with E-state index in [9.17, 15) is 9.59 Å². The maximum Gasteiger partial charge on any atom is 0.373 e. The molecule has 0 aliphatic rings. The molecular formula is C30H57BrO14. The number of alkyl halides is 1. The Morgan fingerprint density at radius 3 is 1.18 bits per heavy atom. The summed E-state index contributed by atoms with van der Waals surface area (Å²) in [6.07, 6.45) is 5.00. The van der Waals surface area contributed by atoms with Crippen molar-refractivity contribution in [3.05, 3.63) is 0 Å². The summed E-state index contributed by atoms with van der Waals surface area (Å²) >= 11 is 2.99. The van der Waals surface area contributed by atoms with E-state index in [1.165, 1.54) is 0 Å². The van der Waals surface area contributed by atoms with Crippen LogP contribution in [0.2, 0.25) is 0 Å². The summed E-state index contributed by atoms with van der Waals surface area (Å²) in [5, 5.41) is 8.61. The molecule has 0 unspecified atom stereocenters. The second-order valence-electron chi connectivity index (χ2n) is 10.4. The van der Waals surface area contributed by atoms with Crippen LogP contribution in [-0.2, 0) is 61.9 Å². The van der Waals surface area contributed by atoms with Crippen molar-refractivity contribution in [3.63, 3.8) is 0 Å². The molecule has 15 heteroatoms. The lowest BCUT2D eigenvalue weighted by atomic mass is 10.2. The first-order valence-electron chi connectivity index (χ1n) is 14.6. The van der Waals surface area contributed by atoms with Crippen molar-refractivity contribution in [1.29, 1.82) is 0 Å². The second-order valence-corrected chi connectivity index (χ2v) is 11.0. The third-order valence-electron chi connectivity index (χ3n) is 3.81. The van der Waals surface area contributed by atoms with E-state index in [1.54, 1.807) is 0 Å². The van der Waals surface area contributed by atoms with Gasteiger partial charge in [-0.2, -0.15) is 19.2 Å². The van der Waals surface area contributed by atoms with Crippen LogP contribution in [0.25, 0.3) is 0 Å². The molecule has 0 aromatic heterocycles. The Morgan fingerprint density at radius 1 is 0.578 bits per heavy atom. The lowest BCUT2D eigenvalue weighted by Gasteiger charge is -2.19. The van der Waals surface area contributed by atoms with E-state index in [0.29, 0.717) is 46.2 Å². The van der Waals surface area contributed by atoms with Crippen LogP contribution in [0.15, 0.2) is 0 Å². The lowest BCUT2D eigenvalue weighted by Crippen LogP contribution is -2.27. The lowest BCUT2D eigenvalue weighted by molar-refractivity contribution is -0.193. The second kappa shape index (κ2) is 41.9. The van der Waals surface area contributed by atoms with Crippen LogP contribution >= 0.6 is 15.9 Å². The van der Waals surface area contributed by atoms with Gasteiger partial charge in [-0.25, -0.2) is 4.79 Å². The van der Waals surface area contributed by atoms with E-state index in [2.05, 4.69) is 29.8 Å². The molecule has 0 saturated heterocycles. The fourth-order valence-corrected chi connectivity index (χ4v) is 2.33. The van der Waals surface area contributed by atoms with Crippen molar-refractivity contribution in [2.75, 3.05) is 78.0 Å². The average Bonchev–Trinajstić information content (AvgIpc) is 2.93. The maximum atomic E-state index is 11.3. The third-order valence-corrected chi connectivity index (χ3v) is 4.26. The molecule has 0 aliphatic heterocycles. The highest BCUT2D eigenvalue weighted by molar-refractivity contribution is 9.09. The number of carbonyl (C=O) groups excluding carboxylic acids is 6. The van der Waals surface area contributed by atoms with E-state index in [0.717, 1.165) is 38.9 Å². The summed E-state index contributed by atoms with van der Waals surface area (Å²) in [7, 11) is 0. The van der Waals surface area contributed by atoms with Crippen LogP contribution in [0.5, 0.6) is 0 Å². The molecule has 0 atom stereocenters. The molecular weight excluding hydrogens is 664 g/mol. The molecule has 0 aromatic rings. The molecule has 0 aromatic carbocycles. The minimum absolute atomic E-state index is 0.0341. The van der Waals surface area contributed by atoms with Gasteiger partial charge < -0.3 is 38.3 Å². The minimum Gasteiger partial charge on any atom is -0.459 e. The predicted molar refractivity (Wildman–Crippen MR) is 166 cm³/mol. The van der Waals surface area contributed by atoms with Crippen LogP contribution in [-0.4, -0.2) is 119 Å². The van der Waals surface area contributed by atoms with E-state index >= 15 is 0 Å². The summed E-state index contributed by atoms with van der Waals surface area (Å²) < 4.78 is 36.0. The Kier molecular flexibility index (Phi) is 48.9. The fraction of sp³-hybridized carbons (Fsp3) is 0.867. The van der Waals surface area contributed by atoms with Crippen LogP contribution in [0.3, 0.4) is 0 Å². The first-order chi connectivity index (χ1) is 21.2. The molecule has 0 spiro atoms. The standard InChI is InChI=1S/C14H28O5.C8H18O3.C6H11BrO2.2CO2/c1-5-6-7-16-8-9-17-10-11-18-12-13(15)19-14(2,3)4;1-2-3-5-10-7-8-11-6-4-9;1-6(2,3)9-5(8)4-7;2*2-1-3/h5-12H2,1-4H3;9H,2-8H2,1H3;4H2,1-3H3;;. The summed E-state index contributed by atoms with van der Waals surface area (Å²) in [5.41, 5.74) is -0.822. The van der Waals surface area contributed by atoms with Crippen LogP contribution in [0.1, 0.15) is 81.1 Å². The zero-order valence-corrected chi connectivity index (χ0v) is 30.0. The first kappa shape index (κ1) is 52.5. The van der Waals surface area contributed by atoms with Crippen molar-refractivity contribution in [2.45, 2.75) is 92.3 Å². The number of hydrogen-bond donors (Lipinski definition) is 1. The minimum atomic E-state index is -0.466. The number of hydrogen-bond acceptors (Lipinski definition) is 14. The number of carbonyl (C=O) groups is 2. The first-order valence-corrected chi connectivity index (χ1v) is 15.8. The van der Waals surface area contributed by atoms with E-state index in [-0.39, 0.29) is 48.4 Å². The van der Waals surface area contributed by atoms with E-state index < -0.39 is 5.60 Å². The van der Waals surface area contributed by atoms with Crippen LogP contribution in [0.4, 0.5) is 0 Å². The predicted octanol–water partition coefficient (Wildman–Crippen LogP) is 3.55. The topological polar surface area (TPSA) is 187 Å². The van der Waals surface area contributed by atoms with Gasteiger partial charge in [-0.3, -0.25) is 4.79 Å². The van der Waals surface area contributed by atoms with Crippen molar-refractivity contribution < 1.29 is 67.0 Å². The normalized spacial score (nSPS) is 10.0. The Hall–Kier alpha value is -2.06. The van der Waals surface area contributed by atoms with Gasteiger partial charge in [-0.1, -0.05) is 42.6 Å². The molecule has 45 heavy (non-hydrogen) atoms. The van der Waals surface area contributed by atoms with Gasteiger partial charge in [0.1, 0.15) is 23.1 Å². The molecule has 0 amide bonds. The van der Waals surface area contributed by atoms with Crippen molar-refractivity contribution in [1.82, 2.24) is 0 Å². The van der Waals surface area contributed by atoms with Gasteiger partial charge in [0.2, 0.25) is 0 Å². The van der Waals surface area contributed by atoms with Crippen LogP contribution < -0.4 is 0 Å².